The van der Waals surface area contributed by atoms with Crippen molar-refractivity contribution in [3.63, 3.8) is 0 Å². The van der Waals surface area contributed by atoms with Gasteiger partial charge < -0.3 is 10.1 Å². The van der Waals surface area contributed by atoms with E-state index in [2.05, 4.69) is 33.4 Å². The predicted octanol–water partition coefficient (Wildman–Crippen LogP) is 2.71. The van der Waals surface area contributed by atoms with E-state index in [1.165, 1.54) is 18.4 Å². The Bertz CT molecular complexity index is 323. The second kappa shape index (κ2) is 4.32. The van der Waals surface area contributed by atoms with E-state index < -0.39 is 0 Å². The van der Waals surface area contributed by atoms with Gasteiger partial charge in [0.2, 0.25) is 0 Å². The Labute approximate surface area is 92.8 Å². The summed E-state index contributed by atoms with van der Waals surface area (Å²) in [5, 5.41) is 3.12. The fourth-order valence-electron chi connectivity index (χ4n) is 1.32. The summed E-state index contributed by atoms with van der Waals surface area (Å²) in [6.45, 7) is 0.891. The molecule has 1 fully saturated rings. The zero-order valence-corrected chi connectivity index (χ0v) is 9.80. The molecule has 2 nitrogen and oxygen atoms in total. The molecule has 14 heavy (non-hydrogen) atoms. The van der Waals surface area contributed by atoms with Crippen LogP contribution in [0.1, 0.15) is 18.4 Å². The van der Waals surface area contributed by atoms with E-state index >= 15 is 0 Å². The van der Waals surface area contributed by atoms with Gasteiger partial charge in [-0.2, -0.15) is 0 Å². The van der Waals surface area contributed by atoms with E-state index in [0.717, 1.165) is 16.8 Å². The molecule has 1 saturated carbocycles. The van der Waals surface area contributed by atoms with Crippen LogP contribution in [0.5, 0.6) is 5.75 Å². The zero-order valence-electron chi connectivity index (χ0n) is 8.22. The molecule has 0 radical (unpaired) electrons. The number of nitrogens with one attached hydrogen (secondary N) is 1. The van der Waals surface area contributed by atoms with Crippen molar-refractivity contribution >= 4 is 15.9 Å². The van der Waals surface area contributed by atoms with Crippen LogP contribution >= 0.6 is 15.9 Å². The topological polar surface area (TPSA) is 21.3 Å². The molecule has 1 N–H and O–H groups in total. The van der Waals surface area contributed by atoms with Crippen LogP contribution in [0, 0.1) is 0 Å². The van der Waals surface area contributed by atoms with E-state index in [9.17, 15) is 0 Å². The summed E-state index contributed by atoms with van der Waals surface area (Å²) in [5.41, 5.74) is 1.27. The van der Waals surface area contributed by atoms with Crippen molar-refractivity contribution in [3.05, 3.63) is 28.2 Å². The third-order valence-electron chi connectivity index (χ3n) is 2.20. The first-order chi connectivity index (χ1) is 6.79. The van der Waals surface area contributed by atoms with Crippen LogP contribution in [0.15, 0.2) is 22.7 Å². The van der Waals surface area contributed by atoms with Gasteiger partial charge in [0.25, 0.3) is 0 Å². The number of ether oxygens (including phenoxy) is 1. The van der Waals surface area contributed by atoms with Crippen molar-refractivity contribution < 1.29 is 4.74 Å². The van der Waals surface area contributed by atoms with Crippen LogP contribution in [-0.4, -0.2) is 13.2 Å². The molecule has 1 aromatic carbocycles. The first-order valence-electron chi connectivity index (χ1n) is 4.89. The number of halogens is 1. The highest BCUT2D eigenvalue weighted by Crippen LogP contribution is 2.32. The standard InChI is InChI=1S/C11H14BrNO/c1-13-7-8-2-5-11(10(12)6-8)14-9-3-4-9/h2,5-6,9,13H,3-4,7H2,1H3. The molecule has 0 bridgehead atoms. The maximum atomic E-state index is 5.72. The summed E-state index contributed by atoms with van der Waals surface area (Å²) in [5.74, 6) is 0.965. The molecule has 3 heteroatoms. The summed E-state index contributed by atoms with van der Waals surface area (Å²) >= 11 is 3.52. The molecular weight excluding hydrogens is 242 g/mol. The van der Waals surface area contributed by atoms with Gasteiger partial charge in [0.1, 0.15) is 5.75 Å². The Morgan fingerprint density at radius 1 is 1.50 bits per heavy atom. The Morgan fingerprint density at radius 2 is 2.29 bits per heavy atom. The summed E-state index contributed by atoms with van der Waals surface area (Å²) in [4.78, 5) is 0. The van der Waals surface area contributed by atoms with Crippen molar-refractivity contribution in [2.24, 2.45) is 0 Å². The fraction of sp³-hybridized carbons (Fsp3) is 0.455. The van der Waals surface area contributed by atoms with Crippen LogP contribution in [0.3, 0.4) is 0 Å². The normalized spacial score (nSPS) is 15.6. The van der Waals surface area contributed by atoms with Gasteiger partial charge in [-0.25, -0.2) is 0 Å². The molecule has 0 heterocycles. The first kappa shape index (κ1) is 9.99. The molecule has 0 unspecified atom stereocenters. The van der Waals surface area contributed by atoms with Crippen LogP contribution < -0.4 is 10.1 Å². The minimum Gasteiger partial charge on any atom is -0.489 e. The summed E-state index contributed by atoms with van der Waals surface area (Å²) < 4.78 is 6.77. The quantitative estimate of drug-likeness (QED) is 0.894. The van der Waals surface area contributed by atoms with E-state index in [1.807, 2.05) is 13.1 Å². The second-order valence-electron chi connectivity index (χ2n) is 3.61. The Kier molecular flexibility index (Phi) is 3.08. The molecule has 76 valence electrons. The summed E-state index contributed by atoms with van der Waals surface area (Å²) in [6, 6.07) is 6.24. The van der Waals surface area contributed by atoms with Crippen LogP contribution in [-0.2, 0) is 6.54 Å². The monoisotopic (exact) mass is 255 g/mol. The Balaban J connectivity index is 2.09. The summed E-state index contributed by atoms with van der Waals surface area (Å²) in [6.07, 6.45) is 2.86. The van der Waals surface area contributed by atoms with Gasteiger partial charge in [-0.3, -0.25) is 0 Å². The minimum atomic E-state index is 0.460. The molecule has 0 aromatic heterocycles. The van der Waals surface area contributed by atoms with Gasteiger partial charge in [-0.05, 0) is 53.5 Å². The lowest BCUT2D eigenvalue weighted by Crippen LogP contribution is -2.05. The smallest absolute Gasteiger partial charge is 0.133 e. The third-order valence-corrected chi connectivity index (χ3v) is 2.81. The van der Waals surface area contributed by atoms with Crippen molar-refractivity contribution in [2.45, 2.75) is 25.5 Å². The number of rotatable bonds is 4. The molecule has 1 aromatic rings. The Morgan fingerprint density at radius 3 is 2.86 bits per heavy atom. The van der Waals surface area contributed by atoms with Crippen LogP contribution in [0.4, 0.5) is 0 Å². The maximum Gasteiger partial charge on any atom is 0.133 e. The highest BCUT2D eigenvalue weighted by Gasteiger charge is 2.24. The highest BCUT2D eigenvalue weighted by atomic mass is 79.9. The lowest BCUT2D eigenvalue weighted by atomic mass is 10.2. The molecule has 1 aliphatic carbocycles. The van der Waals surface area contributed by atoms with Gasteiger partial charge in [0.05, 0.1) is 10.6 Å². The molecule has 1 aliphatic rings. The van der Waals surface area contributed by atoms with E-state index in [0.29, 0.717) is 6.10 Å². The number of hydrogen-bond acceptors (Lipinski definition) is 2. The van der Waals surface area contributed by atoms with E-state index in [-0.39, 0.29) is 0 Å². The number of benzene rings is 1. The third kappa shape index (κ3) is 2.49. The average Bonchev–Trinajstić information content (AvgIpc) is 2.94. The van der Waals surface area contributed by atoms with Crippen LogP contribution in [0.2, 0.25) is 0 Å². The molecule has 2 rings (SSSR count). The van der Waals surface area contributed by atoms with Gasteiger partial charge in [0.15, 0.2) is 0 Å². The van der Waals surface area contributed by atoms with Crippen LogP contribution in [0.25, 0.3) is 0 Å². The lowest BCUT2D eigenvalue weighted by Gasteiger charge is -2.08. The van der Waals surface area contributed by atoms with Crippen molar-refractivity contribution in [1.82, 2.24) is 5.32 Å². The molecule has 0 atom stereocenters. The molecule has 0 spiro atoms. The molecule has 0 saturated heterocycles. The fourth-order valence-corrected chi connectivity index (χ4v) is 1.84. The Hall–Kier alpha value is -0.540. The van der Waals surface area contributed by atoms with E-state index in [4.69, 9.17) is 4.74 Å². The second-order valence-corrected chi connectivity index (χ2v) is 4.47. The van der Waals surface area contributed by atoms with Crippen molar-refractivity contribution in [1.29, 1.82) is 0 Å². The largest absolute Gasteiger partial charge is 0.489 e. The number of hydrogen-bond donors (Lipinski definition) is 1. The van der Waals surface area contributed by atoms with E-state index in [1.54, 1.807) is 0 Å². The SMILES string of the molecule is CNCc1ccc(OC2CC2)c(Br)c1. The van der Waals surface area contributed by atoms with Gasteiger partial charge in [-0.15, -0.1) is 0 Å². The van der Waals surface area contributed by atoms with Crippen molar-refractivity contribution in [3.8, 4) is 5.75 Å². The van der Waals surface area contributed by atoms with Gasteiger partial charge in [-0.1, -0.05) is 6.07 Å². The molecular formula is C11H14BrNO. The van der Waals surface area contributed by atoms with Crippen molar-refractivity contribution in [2.75, 3.05) is 7.05 Å². The molecule has 0 amide bonds. The zero-order chi connectivity index (χ0) is 9.97. The molecule has 0 aliphatic heterocycles. The first-order valence-corrected chi connectivity index (χ1v) is 5.68. The van der Waals surface area contributed by atoms with Gasteiger partial charge in [0, 0.05) is 6.54 Å². The maximum absolute atomic E-state index is 5.72. The lowest BCUT2D eigenvalue weighted by molar-refractivity contribution is 0.301. The average molecular weight is 256 g/mol. The van der Waals surface area contributed by atoms with Gasteiger partial charge >= 0.3 is 0 Å². The summed E-state index contributed by atoms with van der Waals surface area (Å²) in [7, 11) is 1.95. The predicted molar refractivity (Wildman–Crippen MR) is 60.6 cm³/mol. The highest BCUT2D eigenvalue weighted by molar-refractivity contribution is 9.10. The minimum absolute atomic E-state index is 0.460.